The van der Waals surface area contributed by atoms with Crippen LogP contribution in [0.1, 0.15) is 69.4 Å². The third-order valence-electron chi connectivity index (χ3n) is 8.42. The SMILES string of the molecule is CCCC(CCCNc1ncc(C#N)c(NC2CCCC(O)C2)n1)N(C(=O)NCc1ccccc1)c1ccc(-c2cnn(C)c2)cn1. The fourth-order valence-corrected chi connectivity index (χ4v) is 6.01. The Morgan fingerprint density at radius 3 is 2.66 bits per heavy atom. The van der Waals surface area contributed by atoms with Gasteiger partial charge in [0.25, 0.3) is 0 Å². The highest BCUT2D eigenvalue weighted by atomic mass is 16.3. The van der Waals surface area contributed by atoms with Crippen LogP contribution in [-0.4, -0.2) is 60.6 Å². The van der Waals surface area contributed by atoms with E-state index in [9.17, 15) is 15.2 Å². The van der Waals surface area contributed by atoms with Gasteiger partial charge in [-0.2, -0.15) is 15.3 Å². The summed E-state index contributed by atoms with van der Waals surface area (Å²) in [6, 6.07) is 15.7. The van der Waals surface area contributed by atoms with Crippen molar-refractivity contribution >= 4 is 23.6 Å². The molecule has 0 radical (unpaired) electrons. The Hall–Kier alpha value is -5.02. The van der Waals surface area contributed by atoms with E-state index < -0.39 is 0 Å². The van der Waals surface area contributed by atoms with Crippen molar-refractivity contribution in [1.29, 1.82) is 5.26 Å². The molecular formula is C35H44N10O2. The Labute approximate surface area is 276 Å². The molecule has 12 heteroatoms. The van der Waals surface area contributed by atoms with Gasteiger partial charge in [0.2, 0.25) is 5.95 Å². The summed E-state index contributed by atoms with van der Waals surface area (Å²) < 4.78 is 1.75. The van der Waals surface area contributed by atoms with Gasteiger partial charge in [0.15, 0.2) is 0 Å². The summed E-state index contributed by atoms with van der Waals surface area (Å²) in [5.74, 6) is 1.50. The lowest BCUT2D eigenvalue weighted by molar-refractivity contribution is 0.124. The summed E-state index contributed by atoms with van der Waals surface area (Å²) in [4.78, 5) is 29.3. The van der Waals surface area contributed by atoms with E-state index >= 15 is 0 Å². The average molecular weight is 637 g/mol. The lowest BCUT2D eigenvalue weighted by atomic mass is 9.93. The quantitative estimate of drug-likeness (QED) is 0.129. The number of hydrogen-bond acceptors (Lipinski definition) is 9. The summed E-state index contributed by atoms with van der Waals surface area (Å²) >= 11 is 0. The number of aryl methyl sites for hydroxylation is 1. The van der Waals surface area contributed by atoms with E-state index in [0.29, 0.717) is 42.7 Å². The molecule has 1 saturated carbocycles. The maximum absolute atomic E-state index is 13.8. The second-order valence-electron chi connectivity index (χ2n) is 12.1. The van der Waals surface area contributed by atoms with E-state index in [4.69, 9.17) is 4.98 Å². The normalized spacial score (nSPS) is 16.6. The van der Waals surface area contributed by atoms with Crippen LogP contribution in [0.3, 0.4) is 0 Å². The summed E-state index contributed by atoms with van der Waals surface area (Å²) in [5, 5.41) is 33.7. The van der Waals surface area contributed by atoms with Gasteiger partial charge in [-0.25, -0.2) is 14.8 Å². The largest absolute Gasteiger partial charge is 0.393 e. The van der Waals surface area contributed by atoms with Gasteiger partial charge in [0.1, 0.15) is 23.3 Å². The van der Waals surface area contributed by atoms with Crippen molar-refractivity contribution < 1.29 is 9.90 Å². The van der Waals surface area contributed by atoms with E-state index in [0.717, 1.165) is 61.6 Å². The number of benzene rings is 1. The number of hydrogen-bond donors (Lipinski definition) is 4. The second-order valence-corrected chi connectivity index (χ2v) is 12.1. The van der Waals surface area contributed by atoms with Gasteiger partial charge in [0, 0.05) is 55.7 Å². The number of nitrogens with zero attached hydrogens (tertiary/aromatic N) is 7. The number of aliphatic hydroxyl groups is 1. The first-order valence-electron chi connectivity index (χ1n) is 16.4. The first-order chi connectivity index (χ1) is 22.9. The smallest absolute Gasteiger partial charge is 0.323 e. The fraction of sp³-hybridized carbons (Fsp3) is 0.429. The zero-order chi connectivity index (χ0) is 33.0. The standard InChI is InChI=1S/C35H44N10O2/c1-3-9-30(13-8-17-37-34-39-22-27(19-36)33(43-34)42-29-12-7-14-31(46)18-29)45(35(47)40-20-25-10-5-4-6-11-25)32-16-15-26(21-38-32)28-23-41-44(2)24-28/h4-6,10-11,15-16,21-24,29-31,46H,3,7-9,12-14,17-18,20H2,1-2H3,(H,40,47)(H2,37,39,42,43). The Balaban J connectivity index is 1.27. The Morgan fingerprint density at radius 1 is 1.11 bits per heavy atom. The predicted octanol–water partition coefficient (Wildman–Crippen LogP) is 5.64. The van der Waals surface area contributed by atoms with E-state index in [1.54, 1.807) is 22.0 Å². The van der Waals surface area contributed by atoms with E-state index in [2.05, 4.69) is 44.0 Å². The van der Waals surface area contributed by atoms with Crippen molar-refractivity contribution in [3.05, 3.63) is 78.4 Å². The van der Waals surface area contributed by atoms with Crippen LogP contribution in [0.2, 0.25) is 0 Å². The molecule has 0 saturated heterocycles. The van der Waals surface area contributed by atoms with Gasteiger partial charge in [-0.1, -0.05) is 43.7 Å². The average Bonchev–Trinajstić information content (AvgIpc) is 3.53. The number of pyridine rings is 1. The van der Waals surface area contributed by atoms with Gasteiger partial charge in [-0.05, 0) is 62.6 Å². The number of anilines is 3. The number of carbonyl (C=O) groups excluding carboxylic acids is 1. The molecule has 1 aromatic carbocycles. The highest BCUT2D eigenvalue weighted by Gasteiger charge is 2.26. The molecule has 5 rings (SSSR count). The minimum Gasteiger partial charge on any atom is -0.393 e. The molecule has 3 aromatic heterocycles. The number of nitrogens with one attached hydrogen (secondary N) is 3. The van der Waals surface area contributed by atoms with Crippen LogP contribution in [0.25, 0.3) is 11.1 Å². The molecule has 0 bridgehead atoms. The van der Waals surface area contributed by atoms with Crippen LogP contribution in [-0.2, 0) is 13.6 Å². The summed E-state index contributed by atoms with van der Waals surface area (Å²) in [6.07, 6.45) is 13.2. The number of carbonyl (C=O) groups is 1. The van der Waals surface area contributed by atoms with Crippen LogP contribution in [0.4, 0.5) is 22.4 Å². The first kappa shape index (κ1) is 33.3. The molecule has 246 valence electrons. The van der Waals surface area contributed by atoms with Crippen molar-refractivity contribution in [2.45, 2.75) is 83.0 Å². The fourth-order valence-electron chi connectivity index (χ4n) is 6.01. The number of aliphatic hydroxyl groups excluding tert-OH is 1. The van der Waals surface area contributed by atoms with Crippen LogP contribution < -0.4 is 20.9 Å². The molecule has 0 aliphatic heterocycles. The first-order valence-corrected chi connectivity index (χ1v) is 16.4. The molecule has 1 aliphatic carbocycles. The van der Waals surface area contributed by atoms with Crippen LogP contribution in [0.15, 0.2) is 67.3 Å². The van der Waals surface area contributed by atoms with Crippen molar-refractivity contribution in [3.63, 3.8) is 0 Å². The molecule has 0 spiro atoms. The van der Waals surface area contributed by atoms with E-state index in [1.165, 1.54) is 6.20 Å². The van der Waals surface area contributed by atoms with Gasteiger partial charge in [0.05, 0.1) is 18.5 Å². The lowest BCUT2D eigenvalue weighted by Crippen LogP contribution is -2.47. The Kier molecular flexibility index (Phi) is 11.7. The summed E-state index contributed by atoms with van der Waals surface area (Å²) in [7, 11) is 1.88. The molecule has 4 aromatic rings. The molecule has 3 atom stereocenters. The summed E-state index contributed by atoms with van der Waals surface area (Å²) in [5.41, 5.74) is 3.28. The topological polar surface area (TPSA) is 157 Å². The molecular weight excluding hydrogens is 592 g/mol. The summed E-state index contributed by atoms with van der Waals surface area (Å²) in [6.45, 7) is 3.12. The molecule has 2 amide bonds. The molecule has 1 fully saturated rings. The number of urea groups is 1. The third kappa shape index (κ3) is 9.26. The highest BCUT2D eigenvalue weighted by molar-refractivity contribution is 5.91. The van der Waals surface area contributed by atoms with Crippen LogP contribution in [0.5, 0.6) is 0 Å². The van der Waals surface area contributed by atoms with Gasteiger partial charge < -0.3 is 21.1 Å². The van der Waals surface area contributed by atoms with Crippen molar-refractivity contribution in [3.8, 4) is 17.2 Å². The predicted molar refractivity (Wildman–Crippen MR) is 183 cm³/mol. The van der Waals surface area contributed by atoms with Gasteiger partial charge in [-0.3, -0.25) is 9.58 Å². The van der Waals surface area contributed by atoms with Crippen LogP contribution >= 0.6 is 0 Å². The molecule has 12 nitrogen and oxygen atoms in total. The number of nitriles is 1. The molecule has 1 aliphatic rings. The Morgan fingerprint density at radius 2 is 1.96 bits per heavy atom. The van der Waals surface area contributed by atoms with Gasteiger partial charge >= 0.3 is 6.03 Å². The van der Waals surface area contributed by atoms with E-state index in [-0.39, 0.29) is 24.2 Å². The van der Waals surface area contributed by atoms with E-state index in [1.807, 2.05) is 55.7 Å². The molecule has 4 N–H and O–H groups in total. The maximum atomic E-state index is 13.8. The minimum atomic E-state index is -0.337. The number of amides is 2. The zero-order valence-electron chi connectivity index (χ0n) is 27.1. The third-order valence-corrected chi connectivity index (χ3v) is 8.42. The van der Waals surface area contributed by atoms with Crippen molar-refractivity contribution in [2.24, 2.45) is 7.05 Å². The highest BCUT2D eigenvalue weighted by Crippen LogP contribution is 2.26. The second kappa shape index (κ2) is 16.5. The van der Waals surface area contributed by atoms with Crippen molar-refractivity contribution in [1.82, 2.24) is 30.0 Å². The van der Waals surface area contributed by atoms with Crippen molar-refractivity contribution in [2.75, 3.05) is 22.1 Å². The lowest BCUT2D eigenvalue weighted by Gasteiger charge is -2.31. The molecule has 47 heavy (non-hydrogen) atoms. The monoisotopic (exact) mass is 636 g/mol. The molecule has 3 unspecified atom stereocenters. The van der Waals surface area contributed by atoms with Crippen LogP contribution in [0, 0.1) is 11.3 Å². The van der Waals surface area contributed by atoms with Gasteiger partial charge in [-0.15, -0.1) is 0 Å². The Bertz CT molecular complexity index is 1620. The number of rotatable bonds is 14. The number of aromatic nitrogens is 5. The zero-order valence-corrected chi connectivity index (χ0v) is 27.1. The molecule has 3 heterocycles. The minimum absolute atomic E-state index is 0.0643. The maximum Gasteiger partial charge on any atom is 0.323 e.